The van der Waals surface area contributed by atoms with Gasteiger partial charge < -0.3 is 15.2 Å². The quantitative estimate of drug-likeness (QED) is 0.751. The normalized spacial score (nSPS) is 15.1. The highest BCUT2D eigenvalue weighted by Crippen LogP contribution is 2.30. The number of ether oxygens (including phenoxy) is 2. The summed E-state index contributed by atoms with van der Waals surface area (Å²) >= 11 is 0. The SMILES string of the molecule is COCCN(Cc1cc(OC)ccc1N)C1CC1. The standard InChI is InChI=1S/C14H22N2O2/c1-17-8-7-16(12-3-4-12)10-11-9-13(18-2)5-6-14(11)15/h5-6,9,12H,3-4,7-8,10,15H2,1-2H3. The Bertz CT molecular complexity index is 391. The second-order valence-corrected chi connectivity index (χ2v) is 4.76. The molecule has 100 valence electrons. The zero-order valence-corrected chi connectivity index (χ0v) is 11.2. The van der Waals surface area contributed by atoms with Crippen LogP contribution in [0.25, 0.3) is 0 Å². The van der Waals surface area contributed by atoms with E-state index in [0.29, 0.717) is 6.04 Å². The fourth-order valence-corrected chi connectivity index (χ4v) is 2.10. The minimum Gasteiger partial charge on any atom is -0.497 e. The maximum Gasteiger partial charge on any atom is 0.119 e. The fraction of sp³-hybridized carbons (Fsp3) is 0.571. The molecule has 0 aliphatic heterocycles. The lowest BCUT2D eigenvalue weighted by Crippen LogP contribution is -2.29. The van der Waals surface area contributed by atoms with Gasteiger partial charge >= 0.3 is 0 Å². The molecule has 0 radical (unpaired) electrons. The van der Waals surface area contributed by atoms with Crippen LogP contribution in [-0.4, -0.2) is 38.3 Å². The summed E-state index contributed by atoms with van der Waals surface area (Å²) < 4.78 is 10.4. The van der Waals surface area contributed by atoms with Crippen molar-refractivity contribution in [1.29, 1.82) is 0 Å². The molecule has 0 bridgehead atoms. The zero-order valence-electron chi connectivity index (χ0n) is 11.2. The van der Waals surface area contributed by atoms with Gasteiger partial charge in [-0.1, -0.05) is 0 Å². The Labute approximate surface area is 109 Å². The molecule has 0 unspecified atom stereocenters. The summed E-state index contributed by atoms with van der Waals surface area (Å²) in [6.45, 7) is 2.59. The predicted octanol–water partition coefficient (Wildman–Crippen LogP) is 1.89. The molecular formula is C14H22N2O2. The van der Waals surface area contributed by atoms with Crippen molar-refractivity contribution in [2.24, 2.45) is 0 Å². The number of hydrogen-bond donors (Lipinski definition) is 1. The third kappa shape index (κ3) is 3.37. The topological polar surface area (TPSA) is 47.7 Å². The van der Waals surface area contributed by atoms with Crippen LogP contribution >= 0.6 is 0 Å². The van der Waals surface area contributed by atoms with Crippen LogP contribution < -0.4 is 10.5 Å². The van der Waals surface area contributed by atoms with Gasteiger partial charge in [0.2, 0.25) is 0 Å². The molecule has 4 nitrogen and oxygen atoms in total. The van der Waals surface area contributed by atoms with Gasteiger partial charge in [-0.15, -0.1) is 0 Å². The minimum atomic E-state index is 0.700. The van der Waals surface area contributed by atoms with Gasteiger partial charge in [-0.2, -0.15) is 0 Å². The van der Waals surface area contributed by atoms with Gasteiger partial charge in [0.1, 0.15) is 5.75 Å². The minimum absolute atomic E-state index is 0.700. The summed E-state index contributed by atoms with van der Waals surface area (Å²) in [6, 6.07) is 6.54. The van der Waals surface area contributed by atoms with Crippen molar-refractivity contribution in [3.05, 3.63) is 23.8 Å². The molecule has 1 aromatic rings. The van der Waals surface area contributed by atoms with Gasteiger partial charge in [0, 0.05) is 31.9 Å². The molecule has 18 heavy (non-hydrogen) atoms. The smallest absolute Gasteiger partial charge is 0.119 e. The van der Waals surface area contributed by atoms with Crippen molar-refractivity contribution in [2.75, 3.05) is 33.1 Å². The number of benzene rings is 1. The van der Waals surface area contributed by atoms with Crippen LogP contribution in [0.2, 0.25) is 0 Å². The maximum absolute atomic E-state index is 6.03. The Morgan fingerprint density at radius 3 is 2.72 bits per heavy atom. The van der Waals surface area contributed by atoms with E-state index in [1.807, 2.05) is 18.2 Å². The van der Waals surface area contributed by atoms with Crippen LogP contribution in [0.3, 0.4) is 0 Å². The molecule has 1 fully saturated rings. The summed E-state index contributed by atoms with van der Waals surface area (Å²) in [5, 5.41) is 0. The van der Waals surface area contributed by atoms with E-state index in [1.54, 1.807) is 14.2 Å². The van der Waals surface area contributed by atoms with Crippen LogP contribution in [0.15, 0.2) is 18.2 Å². The van der Waals surface area contributed by atoms with Gasteiger partial charge in [-0.3, -0.25) is 4.90 Å². The highest BCUT2D eigenvalue weighted by molar-refractivity contribution is 5.50. The van der Waals surface area contributed by atoms with Crippen molar-refractivity contribution < 1.29 is 9.47 Å². The predicted molar refractivity (Wildman–Crippen MR) is 72.7 cm³/mol. The molecule has 1 saturated carbocycles. The molecule has 0 aromatic heterocycles. The lowest BCUT2D eigenvalue weighted by molar-refractivity contribution is 0.139. The lowest BCUT2D eigenvalue weighted by atomic mass is 10.1. The summed E-state index contributed by atoms with van der Waals surface area (Å²) in [7, 11) is 3.42. The first-order chi connectivity index (χ1) is 8.74. The number of methoxy groups -OCH3 is 2. The van der Waals surface area contributed by atoms with Crippen molar-refractivity contribution in [2.45, 2.75) is 25.4 Å². The molecule has 0 spiro atoms. The molecule has 2 rings (SSSR count). The Morgan fingerprint density at radius 2 is 2.11 bits per heavy atom. The summed E-state index contributed by atoms with van der Waals surface area (Å²) in [5.74, 6) is 0.863. The summed E-state index contributed by atoms with van der Waals surface area (Å²) in [5.41, 5.74) is 8.00. The van der Waals surface area contributed by atoms with Gasteiger partial charge in [-0.05, 0) is 36.6 Å². The average Bonchev–Trinajstić information content (AvgIpc) is 3.21. The van der Waals surface area contributed by atoms with E-state index < -0.39 is 0 Å². The van der Waals surface area contributed by atoms with Gasteiger partial charge in [0.05, 0.1) is 13.7 Å². The molecule has 0 amide bonds. The van der Waals surface area contributed by atoms with E-state index in [4.69, 9.17) is 15.2 Å². The summed E-state index contributed by atoms with van der Waals surface area (Å²) in [4.78, 5) is 2.44. The Kier molecular flexibility index (Phi) is 4.44. The highest BCUT2D eigenvalue weighted by atomic mass is 16.5. The fourth-order valence-electron chi connectivity index (χ4n) is 2.10. The first kappa shape index (κ1) is 13.2. The third-order valence-electron chi connectivity index (χ3n) is 3.37. The van der Waals surface area contributed by atoms with Crippen LogP contribution in [-0.2, 0) is 11.3 Å². The molecule has 0 heterocycles. The number of nitrogens with zero attached hydrogens (tertiary/aromatic N) is 1. The lowest BCUT2D eigenvalue weighted by Gasteiger charge is -2.22. The number of hydrogen-bond acceptors (Lipinski definition) is 4. The van der Waals surface area contributed by atoms with E-state index in [1.165, 1.54) is 12.8 Å². The van der Waals surface area contributed by atoms with E-state index in [-0.39, 0.29) is 0 Å². The molecule has 4 heteroatoms. The highest BCUT2D eigenvalue weighted by Gasteiger charge is 2.28. The number of nitrogen functional groups attached to an aromatic ring is 1. The summed E-state index contributed by atoms with van der Waals surface area (Å²) in [6.07, 6.45) is 2.57. The Balaban J connectivity index is 2.05. The van der Waals surface area contributed by atoms with E-state index >= 15 is 0 Å². The number of nitrogens with two attached hydrogens (primary N) is 1. The molecule has 0 saturated heterocycles. The maximum atomic E-state index is 6.03. The zero-order chi connectivity index (χ0) is 13.0. The molecular weight excluding hydrogens is 228 g/mol. The molecule has 2 N–H and O–H groups in total. The van der Waals surface area contributed by atoms with E-state index in [9.17, 15) is 0 Å². The Hall–Kier alpha value is -1.26. The van der Waals surface area contributed by atoms with Crippen LogP contribution in [0, 0.1) is 0 Å². The molecule has 1 aliphatic carbocycles. The number of rotatable bonds is 7. The molecule has 0 atom stereocenters. The third-order valence-corrected chi connectivity index (χ3v) is 3.37. The first-order valence-electron chi connectivity index (χ1n) is 6.40. The number of anilines is 1. The largest absolute Gasteiger partial charge is 0.497 e. The van der Waals surface area contributed by atoms with E-state index in [0.717, 1.165) is 36.7 Å². The van der Waals surface area contributed by atoms with Crippen molar-refractivity contribution in [3.8, 4) is 5.75 Å². The monoisotopic (exact) mass is 250 g/mol. The second-order valence-electron chi connectivity index (χ2n) is 4.76. The van der Waals surface area contributed by atoms with Crippen molar-refractivity contribution in [3.63, 3.8) is 0 Å². The van der Waals surface area contributed by atoms with E-state index in [2.05, 4.69) is 4.90 Å². The molecule has 1 aromatic carbocycles. The van der Waals surface area contributed by atoms with Gasteiger partial charge in [0.25, 0.3) is 0 Å². The van der Waals surface area contributed by atoms with Crippen LogP contribution in [0.4, 0.5) is 5.69 Å². The van der Waals surface area contributed by atoms with Crippen molar-refractivity contribution >= 4 is 5.69 Å². The van der Waals surface area contributed by atoms with Gasteiger partial charge in [-0.25, -0.2) is 0 Å². The first-order valence-corrected chi connectivity index (χ1v) is 6.40. The average molecular weight is 250 g/mol. The van der Waals surface area contributed by atoms with Crippen molar-refractivity contribution in [1.82, 2.24) is 4.90 Å². The second kappa shape index (κ2) is 6.07. The van der Waals surface area contributed by atoms with Crippen LogP contribution in [0.5, 0.6) is 5.75 Å². The Morgan fingerprint density at radius 1 is 1.33 bits per heavy atom. The molecule has 1 aliphatic rings. The van der Waals surface area contributed by atoms with Gasteiger partial charge in [0.15, 0.2) is 0 Å². The van der Waals surface area contributed by atoms with Crippen LogP contribution in [0.1, 0.15) is 18.4 Å².